The Hall–Kier alpha value is -2.31. The number of rotatable bonds is 1. The first-order chi connectivity index (χ1) is 10.9. The van der Waals surface area contributed by atoms with E-state index in [2.05, 4.69) is 4.98 Å². The highest BCUT2D eigenvalue weighted by Gasteiger charge is 2.42. The van der Waals surface area contributed by atoms with Crippen LogP contribution < -0.4 is 9.47 Å². The molecule has 1 aromatic heterocycles. The summed E-state index contributed by atoms with van der Waals surface area (Å²) < 4.78 is 10.9. The number of hydrogen-bond acceptors (Lipinski definition) is 5. The van der Waals surface area contributed by atoms with Crippen LogP contribution in [0.2, 0.25) is 0 Å². The topological polar surface area (TPSA) is 72.0 Å². The quantitative estimate of drug-likeness (QED) is 0.770. The molecule has 2 aliphatic heterocycles. The molecule has 1 aromatic rings. The Balaban J connectivity index is 1.91. The molecule has 0 bridgehead atoms. The first-order valence-corrected chi connectivity index (χ1v) is 7.77. The van der Waals surface area contributed by atoms with E-state index >= 15 is 0 Å². The van der Waals surface area contributed by atoms with Crippen LogP contribution >= 0.6 is 0 Å². The van der Waals surface area contributed by atoms with Gasteiger partial charge in [-0.3, -0.25) is 9.59 Å². The van der Waals surface area contributed by atoms with E-state index in [1.54, 1.807) is 35.9 Å². The molecule has 0 spiro atoms. The third-order valence-electron chi connectivity index (χ3n) is 4.73. The number of aromatic nitrogens is 1. The van der Waals surface area contributed by atoms with Crippen molar-refractivity contribution in [1.29, 1.82) is 0 Å². The molecule has 2 amide bonds. The van der Waals surface area contributed by atoms with Gasteiger partial charge in [0, 0.05) is 13.1 Å². The van der Waals surface area contributed by atoms with Crippen molar-refractivity contribution in [2.75, 3.05) is 20.3 Å². The van der Waals surface area contributed by atoms with Crippen molar-refractivity contribution in [2.24, 2.45) is 0 Å². The molecule has 23 heavy (non-hydrogen) atoms. The van der Waals surface area contributed by atoms with E-state index in [1.165, 1.54) is 0 Å². The lowest BCUT2D eigenvalue weighted by Gasteiger charge is -2.46. The van der Waals surface area contributed by atoms with Gasteiger partial charge >= 0.3 is 0 Å². The second-order valence-corrected chi connectivity index (χ2v) is 6.02. The highest BCUT2D eigenvalue weighted by Crippen LogP contribution is 2.29. The van der Waals surface area contributed by atoms with Crippen LogP contribution in [0.15, 0.2) is 12.1 Å². The minimum Gasteiger partial charge on any atom is -0.484 e. The Bertz CT molecular complexity index is 648. The van der Waals surface area contributed by atoms with Crippen molar-refractivity contribution in [2.45, 2.75) is 38.9 Å². The minimum atomic E-state index is -0.520. The fraction of sp³-hybridized carbons (Fsp3) is 0.562. The van der Waals surface area contributed by atoms with Gasteiger partial charge in [0.15, 0.2) is 5.75 Å². The summed E-state index contributed by atoms with van der Waals surface area (Å²) in [5.41, 5.74) is 0.262. The zero-order valence-electron chi connectivity index (χ0n) is 13.8. The summed E-state index contributed by atoms with van der Waals surface area (Å²) in [4.78, 5) is 32.8. The normalized spacial score (nSPS) is 27.1. The Morgan fingerprint density at radius 3 is 2.61 bits per heavy atom. The van der Waals surface area contributed by atoms with Crippen LogP contribution in [0.5, 0.6) is 11.6 Å². The average molecular weight is 319 g/mol. The molecule has 1 saturated heterocycles. The van der Waals surface area contributed by atoms with Gasteiger partial charge < -0.3 is 19.3 Å². The molecule has 3 atom stereocenters. The molecule has 0 saturated carbocycles. The van der Waals surface area contributed by atoms with Crippen molar-refractivity contribution in [3.8, 4) is 11.6 Å². The molecule has 7 heteroatoms. The molecule has 0 aliphatic carbocycles. The number of likely N-dealkylation sites (N-methyl/N-ethyl adjacent to an activating group) is 1. The lowest BCUT2D eigenvalue weighted by Crippen LogP contribution is -2.64. The number of pyridine rings is 1. The standard InChI is InChI=1S/C16H21N3O4/c1-9-10(2)19(11(3)15(20)18(9)4)16(21)12-5-6-13-14(17-12)23-8-7-22-13/h5-6,9-11H,7-8H2,1-4H3. The lowest BCUT2D eigenvalue weighted by atomic mass is 10.00. The highest BCUT2D eigenvalue weighted by molar-refractivity contribution is 5.97. The summed E-state index contributed by atoms with van der Waals surface area (Å²) in [5, 5.41) is 0. The van der Waals surface area contributed by atoms with Gasteiger partial charge in [0.05, 0.1) is 6.04 Å². The number of hydrogen-bond donors (Lipinski definition) is 0. The van der Waals surface area contributed by atoms with Gasteiger partial charge in [-0.1, -0.05) is 0 Å². The number of ether oxygens (including phenoxy) is 2. The van der Waals surface area contributed by atoms with E-state index in [0.29, 0.717) is 24.8 Å². The van der Waals surface area contributed by atoms with Crippen molar-refractivity contribution < 1.29 is 19.1 Å². The zero-order valence-corrected chi connectivity index (χ0v) is 13.8. The van der Waals surface area contributed by atoms with E-state index in [-0.39, 0.29) is 29.6 Å². The summed E-state index contributed by atoms with van der Waals surface area (Å²) in [6.45, 7) is 6.51. The molecule has 2 aliphatic rings. The van der Waals surface area contributed by atoms with Gasteiger partial charge in [0.25, 0.3) is 11.8 Å². The molecule has 3 heterocycles. The Labute approximate surface area is 135 Å². The third-order valence-corrected chi connectivity index (χ3v) is 4.73. The van der Waals surface area contributed by atoms with Crippen molar-refractivity contribution in [3.05, 3.63) is 17.8 Å². The predicted molar refractivity (Wildman–Crippen MR) is 82.6 cm³/mol. The van der Waals surface area contributed by atoms with Crippen LogP contribution in [-0.2, 0) is 4.79 Å². The first-order valence-electron chi connectivity index (χ1n) is 7.77. The predicted octanol–water partition coefficient (Wildman–Crippen LogP) is 0.932. The largest absolute Gasteiger partial charge is 0.484 e. The Morgan fingerprint density at radius 1 is 1.17 bits per heavy atom. The molecular weight excluding hydrogens is 298 g/mol. The van der Waals surface area contributed by atoms with Gasteiger partial charge in [-0.05, 0) is 32.9 Å². The van der Waals surface area contributed by atoms with E-state index in [1.807, 2.05) is 13.8 Å². The smallest absolute Gasteiger partial charge is 0.273 e. The Kier molecular flexibility index (Phi) is 3.87. The molecule has 3 rings (SSSR count). The van der Waals surface area contributed by atoms with E-state index in [9.17, 15) is 9.59 Å². The molecule has 0 aromatic carbocycles. The van der Waals surface area contributed by atoms with Crippen LogP contribution in [-0.4, -0.2) is 65.0 Å². The average Bonchev–Trinajstić information content (AvgIpc) is 2.57. The second-order valence-electron chi connectivity index (χ2n) is 6.02. The van der Waals surface area contributed by atoms with Crippen LogP contribution in [0.25, 0.3) is 0 Å². The first kappa shape index (κ1) is 15.6. The van der Waals surface area contributed by atoms with Gasteiger partial charge in [-0.15, -0.1) is 0 Å². The summed E-state index contributed by atoms with van der Waals surface area (Å²) in [7, 11) is 1.77. The van der Waals surface area contributed by atoms with Crippen molar-refractivity contribution in [3.63, 3.8) is 0 Å². The van der Waals surface area contributed by atoms with Gasteiger partial charge in [-0.25, -0.2) is 4.98 Å². The maximum absolute atomic E-state index is 12.9. The fourth-order valence-corrected chi connectivity index (χ4v) is 3.07. The van der Waals surface area contributed by atoms with Crippen LogP contribution in [0.3, 0.4) is 0 Å². The summed E-state index contributed by atoms with van der Waals surface area (Å²) in [6, 6.07) is 2.62. The number of piperazine rings is 1. The monoisotopic (exact) mass is 319 g/mol. The highest BCUT2D eigenvalue weighted by atomic mass is 16.6. The van der Waals surface area contributed by atoms with Crippen LogP contribution in [0, 0.1) is 0 Å². The lowest BCUT2D eigenvalue weighted by molar-refractivity contribution is -0.143. The molecule has 1 fully saturated rings. The molecule has 7 nitrogen and oxygen atoms in total. The van der Waals surface area contributed by atoms with Gasteiger partial charge in [0.2, 0.25) is 5.91 Å². The number of fused-ring (bicyclic) bond motifs is 1. The van der Waals surface area contributed by atoms with E-state index in [4.69, 9.17) is 9.47 Å². The van der Waals surface area contributed by atoms with Crippen molar-refractivity contribution >= 4 is 11.8 Å². The SMILES string of the molecule is CC1C(C)N(C(=O)c2ccc3c(n2)OCCO3)C(C)C(=O)N1C. The van der Waals surface area contributed by atoms with Gasteiger partial charge in [-0.2, -0.15) is 0 Å². The van der Waals surface area contributed by atoms with E-state index < -0.39 is 6.04 Å². The van der Waals surface area contributed by atoms with Crippen LogP contribution in [0.4, 0.5) is 0 Å². The second kappa shape index (κ2) is 5.72. The van der Waals surface area contributed by atoms with Crippen molar-refractivity contribution in [1.82, 2.24) is 14.8 Å². The maximum Gasteiger partial charge on any atom is 0.273 e. The van der Waals surface area contributed by atoms with Gasteiger partial charge in [0.1, 0.15) is 24.9 Å². The van der Waals surface area contributed by atoms with E-state index in [0.717, 1.165) is 0 Å². The number of carbonyl (C=O) groups is 2. The third kappa shape index (κ3) is 2.50. The summed E-state index contributed by atoms with van der Waals surface area (Å²) in [6.07, 6.45) is 0. The summed E-state index contributed by atoms with van der Waals surface area (Å²) in [5.74, 6) is 0.532. The molecule has 124 valence electrons. The molecule has 0 radical (unpaired) electrons. The molecule has 3 unspecified atom stereocenters. The number of amides is 2. The molecular formula is C16H21N3O4. The minimum absolute atomic E-state index is 0.0557. The molecule has 0 N–H and O–H groups in total. The zero-order chi connectivity index (χ0) is 16.7. The number of nitrogens with zero attached hydrogens (tertiary/aromatic N) is 3. The van der Waals surface area contributed by atoms with Crippen LogP contribution in [0.1, 0.15) is 31.3 Å². The maximum atomic E-state index is 12.9. The fourth-order valence-electron chi connectivity index (χ4n) is 3.07. The Morgan fingerprint density at radius 2 is 1.87 bits per heavy atom. The number of carbonyl (C=O) groups excluding carboxylic acids is 2. The summed E-state index contributed by atoms with van der Waals surface area (Å²) >= 11 is 0.